The van der Waals surface area contributed by atoms with Crippen molar-refractivity contribution in [1.29, 1.82) is 0 Å². The lowest BCUT2D eigenvalue weighted by Gasteiger charge is -2.24. The van der Waals surface area contributed by atoms with Crippen LogP contribution in [-0.2, 0) is 18.3 Å². The zero-order valence-corrected chi connectivity index (χ0v) is 18.9. The molecule has 3 N–H and O–H groups in total. The Morgan fingerprint density at radius 1 is 1.30 bits per heavy atom. The van der Waals surface area contributed by atoms with Gasteiger partial charge in [-0.1, -0.05) is 6.07 Å². The summed E-state index contributed by atoms with van der Waals surface area (Å²) < 4.78 is 14.7. The van der Waals surface area contributed by atoms with Gasteiger partial charge in [-0.3, -0.25) is 9.36 Å². The summed E-state index contributed by atoms with van der Waals surface area (Å²) in [6, 6.07) is 5.57. The van der Waals surface area contributed by atoms with Crippen LogP contribution in [0.2, 0.25) is 0 Å². The van der Waals surface area contributed by atoms with Gasteiger partial charge in [0.1, 0.15) is 12.4 Å². The third kappa shape index (κ3) is 4.02. The molecule has 2 unspecified atom stereocenters. The molecule has 2 aliphatic rings. The molecule has 5 rings (SSSR count). The summed E-state index contributed by atoms with van der Waals surface area (Å²) in [6.45, 7) is 4.06. The van der Waals surface area contributed by atoms with E-state index in [0.717, 1.165) is 34.5 Å². The number of aromatic nitrogens is 4. The lowest BCUT2D eigenvalue weighted by atomic mass is 10.1. The molecule has 0 saturated carbocycles. The number of imidazole rings is 2. The van der Waals surface area contributed by atoms with E-state index in [-0.39, 0.29) is 24.7 Å². The highest BCUT2D eigenvalue weighted by molar-refractivity contribution is 5.86. The van der Waals surface area contributed by atoms with Crippen LogP contribution in [0, 0.1) is 12.8 Å². The third-order valence-corrected chi connectivity index (χ3v) is 6.51. The molecule has 2 atom stereocenters. The Labute approximate surface area is 192 Å². The lowest BCUT2D eigenvalue weighted by Crippen LogP contribution is -2.44. The topological polar surface area (TPSA) is 112 Å². The molecule has 10 nitrogen and oxygen atoms in total. The number of ether oxygens (including phenoxy) is 2. The predicted octanol–water partition coefficient (Wildman–Crippen LogP) is 1.16. The maximum absolute atomic E-state index is 13.2. The summed E-state index contributed by atoms with van der Waals surface area (Å²) >= 11 is 0. The minimum absolute atomic E-state index is 0.000859. The normalized spacial score (nSPS) is 19.3. The fourth-order valence-electron chi connectivity index (χ4n) is 4.55. The molecule has 1 amide bonds. The number of rotatable bonds is 7. The summed E-state index contributed by atoms with van der Waals surface area (Å²) in [6.07, 6.45) is 6.73. The minimum Gasteiger partial charge on any atom is -0.454 e. The zero-order valence-electron chi connectivity index (χ0n) is 18.9. The molecule has 33 heavy (non-hydrogen) atoms. The second-order valence-corrected chi connectivity index (χ2v) is 8.58. The predicted molar refractivity (Wildman–Crippen MR) is 123 cm³/mol. The number of nitrogens with one attached hydrogen (secondary N) is 1. The summed E-state index contributed by atoms with van der Waals surface area (Å²) in [4.78, 5) is 24.3. The summed E-state index contributed by atoms with van der Waals surface area (Å²) in [5, 5.41) is 3.11. The fraction of sp³-hybridized carbons (Fsp3) is 0.435. The van der Waals surface area contributed by atoms with Crippen LogP contribution in [0.1, 0.15) is 17.7 Å². The zero-order chi connectivity index (χ0) is 22.9. The van der Waals surface area contributed by atoms with Gasteiger partial charge in [-0.05, 0) is 49.9 Å². The van der Waals surface area contributed by atoms with Crippen molar-refractivity contribution in [2.45, 2.75) is 25.8 Å². The molecule has 0 spiro atoms. The van der Waals surface area contributed by atoms with Gasteiger partial charge < -0.3 is 30.0 Å². The van der Waals surface area contributed by atoms with E-state index in [0.29, 0.717) is 32.5 Å². The SMILES string of the molecule is Cc1c(N2CC(CN)CC2C(=O)NCCc2ccc3c(c2)OCO3)nc(-n2ccnc2)n1C. The molecule has 0 aliphatic carbocycles. The van der Waals surface area contributed by atoms with E-state index in [1.807, 2.05) is 47.5 Å². The van der Waals surface area contributed by atoms with Crippen molar-refractivity contribution >= 4 is 11.7 Å². The van der Waals surface area contributed by atoms with Crippen LogP contribution < -0.4 is 25.4 Å². The summed E-state index contributed by atoms with van der Waals surface area (Å²) in [7, 11) is 1.97. The highest BCUT2D eigenvalue weighted by Gasteiger charge is 2.38. The molecule has 3 aromatic rings. The Hall–Kier alpha value is -3.53. The van der Waals surface area contributed by atoms with Gasteiger partial charge in [0, 0.05) is 32.5 Å². The highest BCUT2D eigenvalue weighted by atomic mass is 16.7. The average molecular weight is 452 g/mol. The van der Waals surface area contributed by atoms with E-state index in [1.54, 1.807) is 12.5 Å². The number of amides is 1. The van der Waals surface area contributed by atoms with Crippen molar-refractivity contribution in [2.24, 2.45) is 18.7 Å². The first-order valence-electron chi connectivity index (χ1n) is 11.2. The number of anilines is 1. The number of nitrogens with zero attached hydrogens (tertiary/aromatic N) is 5. The maximum Gasteiger partial charge on any atom is 0.242 e. The highest BCUT2D eigenvalue weighted by Crippen LogP contribution is 2.33. The molecule has 10 heteroatoms. The Bertz CT molecular complexity index is 1140. The van der Waals surface area contributed by atoms with Crippen LogP contribution in [0.4, 0.5) is 5.82 Å². The van der Waals surface area contributed by atoms with Gasteiger partial charge in [-0.15, -0.1) is 0 Å². The monoisotopic (exact) mass is 451 g/mol. The van der Waals surface area contributed by atoms with Crippen molar-refractivity contribution in [3.63, 3.8) is 0 Å². The standard InChI is InChI=1S/C23H29N7O3/c1-15-21(27-23(28(15)2)29-8-7-25-13-29)30-12-17(11-24)9-18(30)22(31)26-6-5-16-3-4-19-20(10-16)33-14-32-19/h3-4,7-8,10,13,17-18H,5-6,9,11-12,14,24H2,1-2H3,(H,26,31). The van der Waals surface area contributed by atoms with Crippen molar-refractivity contribution in [1.82, 2.24) is 24.4 Å². The first-order chi connectivity index (χ1) is 16.0. The quantitative estimate of drug-likeness (QED) is 0.554. The van der Waals surface area contributed by atoms with Gasteiger partial charge in [0.2, 0.25) is 18.6 Å². The second-order valence-electron chi connectivity index (χ2n) is 8.58. The van der Waals surface area contributed by atoms with Crippen molar-refractivity contribution in [3.05, 3.63) is 48.2 Å². The smallest absolute Gasteiger partial charge is 0.242 e. The van der Waals surface area contributed by atoms with Gasteiger partial charge in [-0.2, -0.15) is 4.98 Å². The van der Waals surface area contributed by atoms with Gasteiger partial charge >= 0.3 is 0 Å². The van der Waals surface area contributed by atoms with Crippen molar-refractivity contribution in [2.75, 3.05) is 31.3 Å². The summed E-state index contributed by atoms with van der Waals surface area (Å²) in [5.74, 6) is 3.34. The average Bonchev–Trinajstić information content (AvgIpc) is 3.61. The molecular weight excluding hydrogens is 422 g/mol. The molecule has 0 radical (unpaired) electrons. The number of nitrogens with two attached hydrogens (primary N) is 1. The largest absolute Gasteiger partial charge is 0.454 e. The molecule has 174 valence electrons. The Balaban J connectivity index is 1.29. The molecule has 0 bridgehead atoms. The fourth-order valence-corrected chi connectivity index (χ4v) is 4.55. The number of carbonyl (C=O) groups is 1. The molecule has 1 fully saturated rings. The van der Waals surface area contributed by atoms with Gasteiger partial charge in [0.15, 0.2) is 17.3 Å². The Kier molecular flexibility index (Phi) is 5.67. The second kappa shape index (κ2) is 8.78. The summed E-state index contributed by atoms with van der Waals surface area (Å²) in [5.41, 5.74) is 8.07. The minimum atomic E-state index is -0.306. The molecule has 4 heterocycles. The van der Waals surface area contributed by atoms with E-state index in [4.69, 9.17) is 20.2 Å². The van der Waals surface area contributed by atoms with E-state index < -0.39 is 0 Å². The van der Waals surface area contributed by atoms with Crippen molar-refractivity contribution < 1.29 is 14.3 Å². The van der Waals surface area contributed by atoms with Gasteiger partial charge in [0.05, 0.1) is 5.69 Å². The number of carbonyl (C=O) groups excluding carboxylic acids is 1. The number of hydrogen-bond donors (Lipinski definition) is 2. The number of benzene rings is 1. The number of fused-ring (bicyclic) bond motifs is 1. The van der Waals surface area contributed by atoms with Gasteiger partial charge in [-0.25, -0.2) is 4.98 Å². The van der Waals surface area contributed by atoms with Crippen LogP contribution in [0.15, 0.2) is 36.9 Å². The van der Waals surface area contributed by atoms with Crippen LogP contribution in [0.25, 0.3) is 5.95 Å². The molecule has 1 saturated heterocycles. The van der Waals surface area contributed by atoms with E-state index in [2.05, 4.69) is 15.2 Å². The van der Waals surface area contributed by atoms with Gasteiger partial charge in [0.25, 0.3) is 0 Å². The first kappa shape index (κ1) is 21.3. The number of hydrogen-bond acceptors (Lipinski definition) is 7. The first-order valence-corrected chi connectivity index (χ1v) is 11.2. The van der Waals surface area contributed by atoms with Crippen LogP contribution >= 0.6 is 0 Å². The lowest BCUT2D eigenvalue weighted by molar-refractivity contribution is -0.122. The van der Waals surface area contributed by atoms with E-state index in [1.165, 1.54) is 0 Å². The maximum atomic E-state index is 13.2. The molecular formula is C23H29N7O3. The van der Waals surface area contributed by atoms with Crippen LogP contribution in [0.3, 0.4) is 0 Å². The van der Waals surface area contributed by atoms with Crippen LogP contribution in [0.5, 0.6) is 11.5 Å². The molecule has 1 aromatic carbocycles. The van der Waals surface area contributed by atoms with E-state index >= 15 is 0 Å². The Morgan fingerprint density at radius 3 is 2.94 bits per heavy atom. The van der Waals surface area contributed by atoms with E-state index in [9.17, 15) is 4.79 Å². The van der Waals surface area contributed by atoms with Crippen LogP contribution in [-0.4, -0.2) is 57.5 Å². The molecule has 2 aromatic heterocycles. The van der Waals surface area contributed by atoms with Crippen molar-refractivity contribution in [3.8, 4) is 17.4 Å². The molecule has 2 aliphatic heterocycles. The third-order valence-electron chi connectivity index (χ3n) is 6.51. The Morgan fingerprint density at radius 2 is 2.15 bits per heavy atom.